The molecule has 4 rings (SSSR count). The quantitative estimate of drug-likeness (QED) is 0.697. The average molecular weight is 311 g/mol. The number of allylic oxidation sites excluding steroid dienone is 2. The maximum Gasteiger partial charge on any atom is 0.201 e. The molecule has 2 aromatic heterocycles. The molecule has 0 saturated heterocycles. The van der Waals surface area contributed by atoms with Crippen molar-refractivity contribution in [2.75, 3.05) is 0 Å². The Morgan fingerprint density at radius 1 is 1.08 bits per heavy atom. The van der Waals surface area contributed by atoms with Crippen molar-refractivity contribution in [1.29, 1.82) is 0 Å². The molecule has 0 saturated carbocycles. The molecule has 0 bridgehead atoms. The van der Waals surface area contributed by atoms with Crippen LogP contribution in [0.3, 0.4) is 0 Å². The van der Waals surface area contributed by atoms with Gasteiger partial charge in [0, 0.05) is 23.8 Å². The Kier molecular flexibility index (Phi) is 3.49. The highest BCUT2D eigenvalue weighted by Crippen LogP contribution is 2.23. The number of benzene rings is 1. The monoisotopic (exact) mass is 311 g/mol. The van der Waals surface area contributed by atoms with Gasteiger partial charge >= 0.3 is 0 Å². The summed E-state index contributed by atoms with van der Waals surface area (Å²) in [6.07, 6.45) is 7.08. The lowest BCUT2D eigenvalue weighted by molar-refractivity contribution is 0.878. The van der Waals surface area contributed by atoms with E-state index >= 15 is 0 Å². The molecule has 0 aliphatic carbocycles. The molecule has 0 atom stereocenters. The number of aryl methyl sites for hydroxylation is 1. The number of aromatic nitrogens is 4. The van der Waals surface area contributed by atoms with E-state index in [0.29, 0.717) is 11.5 Å². The highest BCUT2D eigenvalue weighted by Gasteiger charge is 2.16. The van der Waals surface area contributed by atoms with E-state index in [0.717, 1.165) is 17.1 Å². The predicted octanol–water partition coefficient (Wildman–Crippen LogP) is 3.37. The standard InChI is InChI=1S/C19H13N5/c1-14-7-9-16(10-8-14)24-19(15-5-4-11-20-13-15)22-18(23-24)17-6-2-3-12-21-17/h2,4-11,13H,1H3. The highest BCUT2D eigenvalue weighted by atomic mass is 15.4. The summed E-state index contributed by atoms with van der Waals surface area (Å²) in [6, 6.07) is 12.0. The van der Waals surface area contributed by atoms with Gasteiger partial charge in [-0.1, -0.05) is 17.7 Å². The van der Waals surface area contributed by atoms with E-state index in [1.54, 1.807) is 18.5 Å². The maximum atomic E-state index is 4.66. The summed E-state index contributed by atoms with van der Waals surface area (Å²) in [5.41, 5.74) is 6.46. The Morgan fingerprint density at radius 3 is 2.67 bits per heavy atom. The zero-order chi connectivity index (χ0) is 16.4. The van der Waals surface area contributed by atoms with E-state index in [9.17, 15) is 0 Å². The molecule has 5 heteroatoms. The summed E-state index contributed by atoms with van der Waals surface area (Å²) in [6.45, 7) is 2.05. The molecule has 0 radical (unpaired) electrons. The first-order chi connectivity index (χ1) is 11.8. The second-order valence-corrected chi connectivity index (χ2v) is 5.33. The van der Waals surface area contributed by atoms with Crippen molar-refractivity contribution >= 4 is 11.6 Å². The van der Waals surface area contributed by atoms with Crippen LogP contribution < -0.4 is 0 Å². The summed E-state index contributed by atoms with van der Waals surface area (Å²) < 4.78 is 1.81. The number of pyridine rings is 1. The number of nitrogens with zero attached hydrogens (tertiary/aromatic N) is 5. The fourth-order valence-corrected chi connectivity index (χ4v) is 2.38. The van der Waals surface area contributed by atoms with Gasteiger partial charge in [0.1, 0.15) is 5.70 Å². The zero-order valence-electron chi connectivity index (χ0n) is 13.0. The molecule has 0 fully saturated rings. The summed E-state index contributed by atoms with van der Waals surface area (Å²) in [4.78, 5) is 13.0. The molecule has 3 aromatic rings. The van der Waals surface area contributed by atoms with Crippen molar-refractivity contribution in [1.82, 2.24) is 19.7 Å². The maximum absolute atomic E-state index is 4.66. The van der Waals surface area contributed by atoms with E-state index in [4.69, 9.17) is 0 Å². The van der Waals surface area contributed by atoms with Crippen LogP contribution in [0.25, 0.3) is 22.8 Å². The van der Waals surface area contributed by atoms with E-state index < -0.39 is 0 Å². The molecule has 1 aliphatic heterocycles. The molecule has 0 N–H and O–H groups in total. The summed E-state index contributed by atoms with van der Waals surface area (Å²) in [7, 11) is 0. The molecule has 5 nitrogen and oxygen atoms in total. The summed E-state index contributed by atoms with van der Waals surface area (Å²) in [5, 5.41) is 4.64. The van der Waals surface area contributed by atoms with Gasteiger partial charge in [0.05, 0.1) is 5.69 Å². The molecule has 1 aliphatic rings. The predicted molar refractivity (Wildman–Crippen MR) is 92.8 cm³/mol. The molecule has 24 heavy (non-hydrogen) atoms. The zero-order valence-corrected chi connectivity index (χ0v) is 13.0. The Balaban J connectivity index is 1.89. The van der Waals surface area contributed by atoms with E-state index in [2.05, 4.69) is 38.6 Å². The summed E-state index contributed by atoms with van der Waals surface area (Å²) >= 11 is 0. The smallest absolute Gasteiger partial charge is 0.201 e. The lowest BCUT2D eigenvalue weighted by Crippen LogP contribution is -2.00. The van der Waals surface area contributed by atoms with Crippen LogP contribution in [0.2, 0.25) is 0 Å². The molecule has 0 unspecified atom stereocenters. The molecule has 0 spiro atoms. The Morgan fingerprint density at radius 2 is 1.96 bits per heavy atom. The SMILES string of the molecule is Cc1ccc(-n2nc(C3=CC=C=C=N3)nc2-c2cccnc2)cc1. The molecule has 3 heterocycles. The van der Waals surface area contributed by atoms with Crippen LogP contribution in [0.1, 0.15) is 11.4 Å². The lowest BCUT2D eigenvalue weighted by Gasteiger charge is -2.05. The van der Waals surface area contributed by atoms with E-state index in [1.807, 2.05) is 47.2 Å². The van der Waals surface area contributed by atoms with Crippen molar-refractivity contribution in [3.63, 3.8) is 0 Å². The minimum atomic E-state index is 0.541. The van der Waals surface area contributed by atoms with Crippen molar-refractivity contribution in [2.24, 2.45) is 4.99 Å². The molecule has 1 aromatic carbocycles. The number of hydrogen-bond acceptors (Lipinski definition) is 4. The highest BCUT2D eigenvalue weighted by molar-refractivity contribution is 5.73. The van der Waals surface area contributed by atoms with E-state index in [1.165, 1.54) is 5.56 Å². The first-order valence-electron chi connectivity index (χ1n) is 7.51. The van der Waals surface area contributed by atoms with Crippen molar-refractivity contribution in [3.8, 4) is 17.1 Å². The van der Waals surface area contributed by atoms with Gasteiger partial charge in [0.2, 0.25) is 5.82 Å². The number of hydrogen-bond donors (Lipinski definition) is 0. The van der Waals surface area contributed by atoms with Gasteiger partial charge in [-0.15, -0.1) is 5.10 Å². The number of aliphatic imine (C=N–C) groups is 1. The Bertz CT molecular complexity index is 1010. The van der Waals surface area contributed by atoms with Crippen LogP contribution >= 0.6 is 0 Å². The fraction of sp³-hybridized carbons (Fsp3) is 0.0526. The third kappa shape index (κ3) is 2.61. The van der Waals surface area contributed by atoms with Gasteiger partial charge in [-0.3, -0.25) is 4.98 Å². The van der Waals surface area contributed by atoms with Gasteiger partial charge in [-0.2, -0.15) is 4.99 Å². The average Bonchev–Trinajstić information content (AvgIpc) is 3.09. The Labute approximate surface area is 139 Å². The Hall–Kier alpha value is -3.52. The topological polar surface area (TPSA) is 56.0 Å². The molecular formula is C19H13N5. The van der Waals surface area contributed by atoms with E-state index in [-0.39, 0.29) is 0 Å². The lowest BCUT2D eigenvalue weighted by atomic mass is 10.2. The minimum absolute atomic E-state index is 0.541. The largest absolute Gasteiger partial charge is 0.264 e. The molecule has 0 amide bonds. The first-order valence-corrected chi connectivity index (χ1v) is 7.51. The second-order valence-electron chi connectivity index (χ2n) is 5.33. The summed E-state index contributed by atoms with van der Waals surface area (Å²) in [5.74, 6) is 3.96. The third-order valence-electron chi connectivity index (χ3n) is 3.60. The van der Waals surface area contributed by atoms with Gasteiger partial charge in [-0.05, 0) is 49.1 Å². The van der Waals surface area contributed by atoms with Crippen LogP contribution in [0, 0.1) is 6.92 Å². The molecular weight excluding hydrogens is 298 g/mol. The van der Waals surface area contributed by atoms with Crippen LogP contribution in [-0.4, -0.2) is 25.6 Å². The van der Waals surface area contributed by atoms with Gasteiger partial charge < -0.3 is 0 Å². The van der Waals surface area contributed by atoms with Crippen LogP contribution in [0.15, 0.2) is 71.7 Å². The van der Waals surface area contributed by atoms with Gasteiger partial charge in [-0.25, -0.2) is 9.67 Å². The van der Waals surface area contributed by atoms with Crippen molar-refractivity contribution in [2.45, 2.75) is 6.92 Å². The normalized spacial score (nSPS) is 12.5. The molecule has 114 valence electrons. The fourth-order valence-electron chi connectivity index (χ4n) is 2.38. The van der Waals surface area contributed by atoms with Gasteiger partial charge in [0.25, 0.3) is 0 Å². The first kappa shape index (κ1) is 14.1. The van der Waals surface area contributed by atoms with Crippen LogP contribution in [0.5, 0.6) is 0 Å². The minimum Gasteiger partial charge on any atom is -0.264 e. The third-order valence-corrected chi connectivity index (χ3v) is 3.60. The van der Waals surface area contributed by atoms with Gasteiger partial charge in [0.15, 0.2) is 5.82 Å². The van der Waals surface area contributed by atoms with Crippen LogP contribution in [-0.2, 0) is 0 Å². The van der Waals surface area contributed by atoms with Crippen molar-refractivity contribution in [3.05, 3.63) is 78.1 Å². The second kappa shape index (κ2) is 5.94. The number of rotatable bonds is 3. The van der Waals surface area contributed by atoms with Crippen LogP contribution in [0.4, 0.5) is 0 Å². The van der Waals surface area contributed by atoms with Crippen molar-refractivity contribution < 1.29 is 0 Å².